The number of pyridine rings is 1. The highest BCUT2D eigenvalue weighted by atomic mass is 32.2. The van der Waals surface area contributed by atoms with Crippen molar-refractivity contribution in [1.29, 1.82) is 5.26 Å². The second kappa shape index (κ2) is 13.3. The Morgan fingerprint density at radius 2 is 1.70 bits per heavy atom. The molecule has 12 heteroatoms. The van der Waals surface area contributed by atoms with Gasteiger partial charge in [0, 0.05) is 23.4 Å². The van der Waals surface area contributed by atoms with Crippen molar-refractivity contribution in [3.8, 4) is 11.9 Å². The number of nitrogens with zero attached hydrogens (tertiary/aromatic N) is 4. The largest absolute Gasteiger partial charge is 0.493 e. The highest BCUT2D eigenvalue weighted by Crippen LogP contribution is 2.33. The van der Waals surface area contributed by atoms with Crippen LogP contribution in [0.2, 0.25) is 0 Å². The number of azo groups is 1. The number of aliphatic hydroxyl groups is 2. The molecule has 0 bridgehead atoms. The summed E-state index contributed by atoms with van der Waals surface area (Å²) >= 11 is 0. The van der Waals surface area contributed by atoms with E-state index in [1.807, 2.05) is 13.0 Å². The van der Waals surface area contributed by atoms with Crippen LogP contribution in [0.15, 0.2) is 68.4 Å². The molecule has 0 aliphatic rings. The molecule has 0 radical (unpaired) electrons. The molecule has 0 aliphatic heterocycles. The molecule has 11 nitrogen and oxygen atoms in total. The van der Waals surface area contributed by atoms with Gasteiger partial charge in [-0.05, 0) is 55.7 Å². The molecule has 0 aliphatic carbocycles. The first kappa shape index (κ1) is 30.5. The Morgan fingerprint density at radius 3 is 2.25 bits per heavy atom. The Morgan fingerprint density at radius 1 is 1.05 bits per heavy atom. The van der Waals surface area contributed by atoms with Gasteiger partial charge in [-0.3, -0.25) is 14.1 Å². The molecule has 3 rings (SSSR count). The van der Waals surface area contributed by atoms with E-state index in [2.05, 4.69) is 21.9 Å². The maximum Gasteiger partial charge on any atom is 0.271 e. The molecule has 0 amide bonds. The van der Waals surface area contributed by atoms with Gasteiger partial charge >= 0.3 is 0 Å². The number of anilines is 1. The van der Waals surface area contributed by atoms with Crippen molar-refractivity contribution in [2.45, 2.75) is 64.2 Å². The summed E-state index contributed by atoms with van der Waals surface area (Å²) in [5.74, 6) is -0.228. The van der Waals surface area contributed by atoms with E-state index in [0.29, 0.717) is 0 Å². The minimum atomic E-state index is -3.95. The van der Waals surface area contributed by atoms with Crippen molar-refractivity contribution in [2.75, 3.05) is 4.72 Å². The quantitative estimate of drug-likeness (QED) is 0.173. The van der Waals surface area contributed by atoms with Crippen molar-refractivity contribution in [3.63, 3.8) is 0 Å². The number of sulfonamides is 1. The predicted octanol–water partition coefficient (Wildman–Crippen LogP) is 5.15. The Hall–Kier alpha value is -4.05. The molecule has 3 aromatic rings. The average Bonchev–Trinajstić information content (AvgIpc) is 2.93. The van der Waals surface area contributed by atoms with Gasteiger partial charge in [-0.15, -0.1) is 5.11 Å². The SMILES string of the molecule is CCCCC(CC)Cn1c(O)c(/N=N/c2ccc(S(=O)(=O)Nc3ccc(C(O)O)cc3)cc2)c(C)c(C#N)c1=O. The lowest BCUT2D eigenvalue weighted by atomic mass is 9.99. The van der Waals surface area contributed by atoms with E-state index in [-0.39, 0.29) is 57.0 Å². The van der Waals surface area contributed by atoms with E-state index in [9.17, 15) is 33.8 Å². The number of rotatable bonds is 12. The molecule has 212 valence electrons. The van der Waals surface area contributed by atoms with E-state index in [4.69, 9.17) is 0 Å². The molecule has 1 heterocycles. The zero-order chi connectivity index (χ0) is 29.4. The fraction of sp³-hybridized carbons (Fsp3) is 0.357. The van der Waals surface area contributed by atoms with Crippen molar-refractivity contribution in [2.24, 2.45) is 16.1 Å². The monoisotopic (exact) mass is 567 g/mol. The molecule has 2 aromatic carbocycles. The summed E-state index contributed by atoms with van der Waals surface area (Å²) in [4.78, 5) is 12.9. The lowest BCUT2D eigenvalue weighted by Gasteiger charge is -2.19. The molecule has 1 aromatic heterocycles. The summed E-state index contributed by atoms with van der Waals surface area (Å²) in [5.41, 5.74) is 0.248. The van der Waals surface area contributed by atoms with Crippen molar-refractivity contribution < 1.29 is 23.7 Å². The minimum absolute atomic E-state index is 0.00342. The summed E-state index contributed by atoms with van der Waals surface area (Å²) < 4.78 is 29.1. The van der Waals surface area contributed by atoms with E-state index < -0.39 is 21.9 Å². The Balaban J connectivity index is 1.86. The summed E-state index contributed by atoms with van der Waals surface area (Å²) in [6, 6.07) is 13.0. The molecule has 0 saturated carbocycles. The maximum atomic E-state index is 12.9. The van der Waals surface area contributed by atoms with Crippen LogP contribution in [0.3, 0.4) is 0 Å². The predicted molar refractivity (Wildman–Crippen MR) is 150 cm³/mol. The van der Waals surface area contributed by atoms with Gasteiger partial charge in [0.1, 0.15) is 11.6 Å². The van der Waals surface area contributed by atoms with E-state index >= 15 is 0 Å². The molecule has 0 spiro atoms. The highest BCUT2D eigenvalue weighted by molar-refractivity contribution is 7.92. The van der Waals surface area contributed by atoms with Gasteiger partial charge in [0.15, 0.2) is 12.0 Å². The first-order valence-electron chi connectivity index (χ1n) is 12.9. The maximum absolute atomic E-state index is 12.9. The number of nitriles is 1. The van der Waals surface area contributed by atoms with Crippen molar-refractivity contribution >= 4 is 27.1 Å². The van der Waals surface area contributed by atoms with Gasteiger partial charge < -0.3 is 15.3 Å². The van der Waals surface area contributed by atoms with E-state index in [0.717, 1.165) is 25.7 Å². The topological polar surface area (TPSA) is 177 Å². The number of aromatic nitrogens is 1. The first-order valence-corrected chi connectivity index (χ1v) is 14.4. The summed E-state index contributed by atoms with van der Waals surface area (Å²) in [7, 11) is -3.95. The highest BCUT2D eigenvalue weighted by Gasteiger charge is 2.21. The van der Waals surface area contributed by atoms with E-state index in [1.54, 1.807) is 0 Å². The van der Waals surface area contributed by atoms with Crippen LogP contribution in [0.25, 0.3) is 0 Å². The fourth-order valence-electron chi connectivity index (χ4n) is 4.14. The van der Waals surface area contributed by atoms with Crippen LogP contribution in [0, 0.1) is 24.2 Å². The van der Waals surface area contributed by atoms with Crippen molar-refractivity contribution in [1.82, 2.24) is 4.57 Å². The molecule has 4 N–H and O–H groups in total. The first-order chi connectivity index (χ1) is 19.0. The number of aromatic hydroxyl groups is 1. The number of hydrogen-bond donors (Lipinski definition) is 4. The Bertz CT molecular complexity index is 1560. The van der Waals surface area contributed by atoms with Gasteiger partial charge in [-0.25, -0.2) is 8.42 Å². The second-order valence-corrected chi connectivity index (χ2v) is 11.1. The average molecular weight is 568 g/mol. The molecule has 0 fully saturated rings. The van der Waals surface area contributed by atoms with Crippen LogP contribution in [0.5, 0.6) is 5.88 Å². The zero-order valence-corrected chi connectivity index (χ0v) is 23.4. The van der Waals surface area contributed by atoms with Gasteiger partial charge in [-0.2, -0.15) is 10.4 Å². The smallest absolute Gasteiger partial charge is 0.271 e. The van der Waals surface area contributed by atoms with Crippen molar-refractivity contribution in [3.05, 3.63) is 75.6 Å². The van der Waals surface area contributed by atoms with Crippen LogP contribution in [-0.2, 0) is 16.6 Å². The van der Waals surface area contributed by atoms with E-state index in [1.165, 1.54) is 60.0 Å². The third kappa shape index (κ3) is 7.12. The van der Waals surface area contributed by atoms with Gasteiger partial charge in [0.2, 0.25) is 5.88 Å². The zero-order valence-electron chi connectivity index (χ0n) is 22.6. The molecule has 1 atom stereocenters. The van der Waals surface area contributed by atoms with Crippen LogP contribution in [-0.4, -0.2) is 28.3 Å². The minimum Gasteiger partial charge on any atom is -0.493 e. The fourth-order valence-corrected chi connectivity index (χ4v) is 5.20. The number of benzene rings is 2. The molecular formula is C28H33N5O6S. The molecule has 40 heavy (non-hydrogen) atoms. The molecular weight excluding hydrogens is 534 g/mol. The number of unbranched alkanes of at least 4 members (excludes halogenated alkanes) is 1. The number of hydrogen-bond acceptors (Lipinski definition) is 9. The Kier molecular flexibility index (Phi) is 10.2. The summed E-state index contributed by atoms with van der Waals surface area (Å²) in [6.07, 6.45) is 2.02. The third-order valence-electron chi connectivity index (χ3n) is 6.63. The molecule has 0 saturated heterocycles. The van der Waals surface area contributed by atoms with Crippen LogP contribution >= 0.6 is 0 Å². The van der Waals surface area contributed by atoms with Crippen LogP contribution in [0.1, 0.15) is 62.5 Å². The van der Waals surface area contributed by atoms with Gasteiger partial charge in [-0.1, -0.05) is 45.2 Å². The summed E-state index contributed by atoms with van der Waals surface area (Å²) in [5, 5.41) is 47.1. The Labute approximate surface area is 233 Å². The lowest BCUT2D eigenvalue weighted by molar-refractivity contribution is -0.0424. The summed E-state index contributed by atoms with van der Waals surface area (Å²) in [6.45, 7) is 5.86. The second-order valence-electron chi connectivity index (χ2n) is 9.41. The standard InChI is InChI=1S/C28H33N5O6S/c1-4-6-7-19(5-2)17-33-26(34)24(16-29)18(3)25(27(33)35)31-30-21-12-14-23(15-13-21)40(38,39)32-22-10-8-20(9-11-22)28(36)37/h8-15,19,28,32,35-37H,4-7,17H2,1-3H3/b31-30+. The number of nitrogens with one attached hydrogen (secondary N) is 1. The van der Waals surface area contributed by atoms with Crippen LogP contribution < -0.4 is 10.3 Å². The third-order valence-corrected chi connectivity index (χ3v) is 8.02. The molecule has 1 unspecified atom stereocenters. The normalized spacial score (nSPS) is 12.5. The lowest BCUT2D eigenvalue weighted by Crippen LogP contribution is -2.27. The van der Waals surface area contributed by atoms with Gasteiger partial charge in [0.25, 0.3) is 15.6 Å². The van der Waals surface area contributed by atoms with Crippen LogP contribution in [0.4, 0.5) is 17.1 Å². The number of aliphatic hydroxyl groups excluding tert-OH is 1. The van der Waals surface area contributed by atoms with Gasteiger partial charge in [0.05, 0.1) is 10.6 Å².